The van der Waals surface area contributed by atoms with Gasteiger partial charge in [-0.05, 0) is 24.1 Å². The molecule has 0 bridgehead atoms. The van der Waals surface area contributed by atoms with Gasteiger partial charge in [-0.3, -0.25) is 9.59 Å². The number of carbonyl (C=O) groups is 2. The Morgan fingerprint density at radius 2 is 2.05 bits per heavy atom. The normalized spacial score (nSPS) is 27.5. The van der Waals surface area contributed by atoms with Gasteiger partial charge < -0.3 is 19.8 Å². The molecule has 0 aromatic heterocycles. The molecule has 2 aliphatic heterocycles. The van der Waals surface area contributed by atoms with Crippen LogP contribution in [-0.4, -0.2) is 53.3 Å². The molecule has 118 valence electrons. The zero-order chi connectivity index (χ0) is 15.7. The van der Waals surface area contributed by atoms with Crippen LogP contribution in [0.1, 0.15) is 12.0 Å². The number of carbonyl (C=O) groups excluding carboxylic acids is 1. The van der Waals surface area contributed by atoms with Gasteiger partial charge in [-0.2, -0.15) is 0 Å². The first-order chi connectivity index (χ1) is 10.5. The number of ether oxygens (including phenoxy) is 1. The zero-order valence-electron chi connectivity index (χ0n) is 12.2. The third-order valence-electron chi connectivity index (χ3n) is 4.78. The van der Waals surface area contributed by atoms with Crippen molar-refractivity contribution in [1.29, 1.82) is 0 Å². The minimum Gasteiger partial charge on any atom is -0.508 e. The second-order valence-electron chi connectivity index (χ2n) is 6.10. The number of rotatable bonds is 3. The molecule has 6 nitrogen and oxygen atoms in total. The van der Waals surface area contributed by atoms with Crippen molar-refractivity contribution in [2.75, 3.05) is 26.3 Å². The number of aliphatic carboxylic acids is 1. The van der Waals surface area contributed by atoms with Gasteiger partial charge in [0.15, 0.2) is 0 Å². The summed E-state index contributed by atoms with van der Waals surface area (Å²) in [4.78, 5) is 25.8. The van der Waals surface area contributed by atoms with Gasteiger partial charge in [0, 0.05) is 25.6 Å². The monoisotopic (exact) mass is 305 g/mol. The first-order valence-electron chi connectivity index (χ1n) is 7.38. The van der Waals surface area contributed by atoms with Crippen LogP contribution in [0.15, 0.2) is 24.3 Å². The fourth-order valence-electron chi connectivity index (χ4n) is 3.39. The molecule has 1 amide bonds. The number of amides is 1. The average molecular weight is 305 g/mol. The van der Waals surface area contributed by atoms with Crippen molar-refractivity contribution in [3.05, 3.63) is 29.8 Å². The third kappa shape index (κ3) is 2.54. The van der Waals surface area contributed by atoms with Gasteiger partial charge in [0.25, 0.3) is 0 Å². The summed E-state index contributed by atoms with van der Waals surface area (Å²) in [5.41, 5.74) is -0.0543. The number of carboxylic acids is 1. The molecule has 0 unspecified atom stereocenters. The molecule has 2 N–H and O–H groups in total. The standard InChI is InChI=1S/C16H19NO5/c18-13-3-1-11(2-4-13)7-14(19)17-8-12-9-22-6-5-16(12,10-17)15(20)21/h1-4,12,18H,5-10H2,(H,20,21)/t12-,16+/m0/s1. The Kier molecular flexibility index (Phi) is 3.78. The van der Waals surface area contributed by atoms with E-state index in [1.807, 2.05) is 0 Å². The number of fused-ring (bicyclic) bond motifs is 1. The predicted molar refractivity (Wildman–Crippen MR) is 77.4 cm³/mol. The fraction of sp³-hybridized carbons (Fsp3) is 0.500. The molecule has 0 aliphatic carbocycles. The Labute approximate surface area is 128 Å². The average Bonchev–Trinajstić information content (AvgIpc) is 2.91. The van der Waals surface area contributed by atoms with Gasteiger partial charge in [0.2, 0.25) is 5.91 Å². The lowest BCUT2D eigenvalue weighted by molar-refractivity contribution is -0.157. The minimum absolute atomic E-state index is 0.0827. The van der Waals surface area contributed by atoms with E-state index in [4.69, 9.17) is 4.74 Å². The molecule has 6 heteroatoms. The molecule has 2 fully saturated rings. The molecule has 0 radical (unpaired) electrons. The Bertz CT molecular complexity index is 585. The predicted octanol–water partition coefficient (Wildman–Crippen LogP) is 0.884. The van der Waals surface area contributed by atoms with E-state index >= 15 is 0 Å². The van der Waals surface area contributed by atoms with Crippen LogP contribution in [0.3, 0.4) is 0 Å². The van der Waals surface area contributed by atoms with E-state index < -0.39 is 11.4 Å². The van der Waals surface area contributed by atoms with Crippen molar-refractivity contribution in [2.45, 2.75) is 12.8 Å². The minimum atomic E-state index is -0.858. The second kappa shape index (κ2) is 5.61. The smallest absolute Gasteiger partial charge is 0.311 e. The number of likely N-dealkylation sites (tertiary alicyclic amines) is 1. The number of carboxylic acid groups (broad SMARTS) is 1. The molecule has 2 atom stereocenters. The van der Waals surface area contributed by atoms with Gasteiger partial charge in [0.05, 0.1) is 18.4 Å². The summed E-state index contributed by atoms with van der Waals surface area (Å²) in [6.07, 6.45) is 0.666. The summed E-state index contributed by atoms with van der Waals surface area (Å²) in [7, 11) is 0. The number of phenols is 1. The lowest BCUT2D eigenvalue weighted by Crippen LogP contribution is -2.45. The summed E-state index contributed by atoms with van der Waals surface area (Å²) >= 11 is 0. The largest absolute Gasteiger partial charge is 0.508 e. The van der Waals surface area contributed by atoms with Crippen molar-refractivity contribution in [2.24, 2.45) is 11.3 Å². The first kappa shape index (κ1) is 14.8. The molecule has 2 aliphatic rings. The maximum atomic E-state index is 12.4. The summed E-state index contributed by atoms with van der Waals surface area (Å²) in [5.74, 6) is -0.894. The van der Waals surface area contributed by atoms with Gasteiger partial charge in [-0.25, -0.2) is 0 Å². The van der Waals surface area contributed by atoms with Crippen LogP contribution in [0.2, 0.25) is 0 Å². The highest BCUT2D eigenvalue weighted by atomic mass is 16.5. The van der Waals surface area contributed by atoms with E-state index in [1.165, 1.54) is 0 Å². The highest BCUT2D eigenvalue weighted by Crippen LogP contribution is 2.42. The van der Waals surface area contributed by atoms with Gasteiger partial charge >= 0.3 is 5.97 Å². The number of benzene rings is 1. The summed E-state index contributed by atoms with van der Waals surface area (Å²) in [6.45, 7) is 1.52. The number of phenolic OH excluding ortho intramolecular Hbond substituents is 1. The van der Waals surface area contributed by atoms with Crippen molar-refractivity contribution in [3.63, 3.8) is 0 Å². The zero-order valence-corrected chi connectivity index (χ0v) is 12.2. The van der Waals surface area contributed by atoms with Crippen LogP contribution in [0, 0.1) is 11.3 Å². The molecule has 2 saturated heterocycles. The lowest BCUT2D eigenvalue weighted by atomic mass is 9.74. The van der Waals surface area contributed by atoms with Crippen molar-refractivity contribution >= 4 is 11.9 Å². The van der Waals surface area contributed by atoms with E-state index in [0.717, 1.165) is 5.56 Å². The SMILES string of the molecule is O=C(Cc1ccc(O)cc1)N1C[C@H]2COCC[C@@]2(C(=O)O)C1. The Hall–Kier alpha value is -2.08. The number of aromatic hydroxyl groups is 1. The quantitative estimate of drug-likeness (QED) is 0.866. The van der Waals surface area contributed by atoms with Crippen LogP contribution < -0.4 is 0 Å². The van der Waals surface area contributed by atoms with E-state index in [2.05, 4.69) is 0 Å². The third-order valence-corrected chi connectivity index (χ3v) is 4.78. The molecule has 2 heterocycles. The van der Waals surface area contributed by atoms with Crippen LogP contribution >= 0.6 is 0 Å². The molecule has 1 aromatic carbocycles. The molecule has 3 rings (SSSR count). The van der Waals surface area contributed by atoms with E-state index in [-0.39, 0.29) is 30.5 Å². The molecule has 1 aromatic rings. The summed E-state index contributed by atoms with van der Waals surface area (Å²) in [5, 5.41) is 18.9. The second-order valence-corrected chi connectivity index (χ2v) is 6.10. The van der Waals surface area contributed by atoms with E-state index in [1.54, 1.807) is 29.2 Å². The number of nitrogens with zero attached hydrogens (tertiary/aromatic N) is 1. The molecular formula is C16H19NO5. The van der Waals surface area contributed by atoms with Crippen LogP contribution in [0.5, 0.6) is 5.75 Å². The van der Waals surface area contributed by atoms with Crippen LogP contribution in [0.25, 0.3) is 0 Å². The summed E-state index contributed by atoms with van der Waals surface area (Å²) in [6, 6.07) is 6.48. The maximum absolute atomic E-state index is 12.4. The van der Waals surface area contributed by atoms with Gasteiger partial charge in [-0.1, -0.05) is 12.1 Å². The Morgan fingerprint density at radius 3 is 2.68 bits per heavy atom. The Morgan fingerprint density at radius 1 is 1.32 bits per heavy atom. The first-order valence-corrected chi connectivity index (χ1v) is 7.38. The van der Waals surface area contributed by atoms with Crippen molar-refractivity contribution < 1.29 is 24.5 Å². The number of hydrogen-bond acceptors (Lipinski definition) is 4. The van der Waals surface area contributed by atoms with Crippen LogP contribution in [0.4, 0.5) is 0 Å². The van der Waals surface area contributed by atoms with Crippen LogP contribution in [-0.2, 0) is 20.7 Å². The maximum Gasteiger partial charge on any atom is 0.311 e. The molecule has 0 saturated carbocycles. The molecule has 22 heavy (non-hydrogen) atoms. The Balaban J connectivity index is 1.72. The molecular weight excluding hydrogens is 286 g/mol. The van der Waals surface area contributed by atoms with E-state index in [0.29, 0.717) is 26.2 Å². The highest BCUT2D eigenvalue weighted by molar-refractivity contribution is 5.82. The van der Waals surface area contributed by atoms with Gasteiger partial charge in [-0.15, -0.1) is 0 Å². The van der Waals surface area contributed by atoms with Gasteiger partial charge in [0.1, 0.15) is 5.75 Å². The van der Waals surface area contributed by atoms with Crippen molar-refractivity contribution in [1.82, 2.24) is 4.90 Å². The number of hydrogen-bond donors (Lipinski definition) is 2. The lowest BCUT2D eigenvalue weighted by Gasteiger charge is -2.33. The van der Waals surface area contributed by atoms with Crippen molar-refractivity contribution in [3.8, 4) is 5.75 Å². The fourth-order valence-corrected chi connectivity index (χ4v) is 3.39. The molecule has 0 spiro atoms. The summed E-state index contributed by atoms with van der Waals surface area (Å²) < 4.78 is 5.39. The van der Waals surface area contributed by atoms with E-state index in [9.17, 15) is 19.8 Å². The topological polar surface area (TPSA) is 87.1 Å². The highest BCUT2D eigenvalue weighted by Gasteiger charge is 2.54.